The second-order valence-electron chi connectivity index (χ2n) is 4.18. The quantitative estimate of drug-likeness (QED) is 0.802. The van der Waals surface area contributed by atoms with E-state index in [1.165, 1.54) is 19.3 Å². The standard InChI is InChI=1S/C12H18N2O/c1-10-7-11(9-15)8-12(13-10)14-5-3-2-4-6-14/h7-8,15H,2-6,9H2,1H3. The van der Waals surface area contributed by atoms with Crippen LogP contribution in [0, 0.1) is 6.92 Å². The molecule has 2 heterocycles. The van der Waals surface area contributed by atoms with E-state index in [2.05, 4.69) is 9.88 Å². The van der Waals surface area contributed by atoms with Gasteiger partial charge in [0.15, 0.2) is 0 Å². The molecule has 82 valence electrons. The van der Waals surface area contributed by atoms with Gasteiger partial charge in [-0.2, -0.15) is 0 Å². The molecule has 0 atom stereocenters. The smallest absolute Gasteiger partial charge is 0.129 e. The summed E-state index contributed by atoms with van der Waals surface area (Å²) >= 11 is 0. The van der Waals surface area contributed by atoms with E-state index < -0.39 is 0 Å². The summed E-state index contributed by atoms with van der Waals surface area (Å²) in [6, 6.07) is 3.94. The largest absolute Gasteiger partial charge is 0.392 e. The van der Waals surface area contributed by atoms with Gasteiger partial charge < -0.3 is 10.0 Å². The van der Waals surface area contributed by atoms with Crippen molar-refractivity contribution in [1.29, 1.82) is 0 Å². The summed E-state index contributed by atoms with van der Waals surface area (Å²) in [5, 5.41) is 9.14. The highest BCUT2D eigenvalue weighted by molar-refractivity contribution is 5.42. The molecule has 0 bridgehead atoms. The molecule has 0 aliphatic carbocycles. The van der Waals surface area contributed by atoms with E-state index in [4.69, 9.17) is 5.11 Å². The number of piperidine rings is 1. The van der Waals surface area contributed by atoms with Gasteiger partial charge in [-0.25, -0.2) is 4.98 Å². The van der Waals surface area contributed by atoms with Crippen LogP contribution in [-0.2, 0) is 6.61 Å². The lowest BCUT2D eigenvalue weighted by molar-refractivity contribution is 0.281. The molecule has 1 fully saturated rings. The Balaban J connectivity index is 2.22. The van der Waals surface area contributed by atoms with Crippen LogP contribution in [0.2, 0.25) is 0 Å². The molecule has 0 radical (unpaired) electrons. The monoisotopic (exact) mass is 206 g/mol. The summed E-state index contributed by atoms with van der Waals surface area (Å²) in [5.74, 6) is 1.03. The van der Waals surface area contributed by atoms with Gasteiger partial charge in [-0.1, -0.05) is 0 Å². The van der Waals surface area contributed by atoms with Crippen LogP contribution in [0.5, 0.6) is 0 Å². The summed E-state index contributed by atoms with van der Waals surface area (Å²) in [5.41, 5.74) is 1.95. The van der Waals surface area contributed by atoms with Crippen LogP contribution in [0.25, 0.3) is 0 Å². The highest BCUT2D eigenvalue weighted by Crippen LogP contribution is 2.19. The average molecular weight is 206 g/mol. The number of rotatable bonds is 2. The summed E-state index contributed by atoms with van der Waals surface area (Å²) in [6.45, 7) is 4.28. The maximum Gasteiger partial charge on any atom is 0.129 e. The minimum absolute atomic E-state index is 0.101. The highest BCUT2D eigenvalue weighted by atomic mass is 16.3. The Bertz CT molecular complexity index is 332. The number of pyridine rings is 1. The number of anilines is 1. The number of hydrogen-bond acceptors (Lipinski definition) is 3. The van der Waals surface area contributed by atoms with Gasteiger partial charge in [0, 0.05) is 18.8 Å². The number of aliphatic hydroxyl groups is 1. The van der Waals surface area contributed by atoms with Gasteiger partial charge in [-0.15, -0.1) is 0 Å². The zero-order chi connectivity index (χ0) is 10.7. The van der Waals surface area contributed by atoms with Crippen LogP contribution >= 0.6 is 0 Å². The van der Waals surface area contributed by atoms with Crippen molar-refractivity contribution >= 4 is 5.82 Å². The van der Waals surface area contributed by atoms with Gasteiger partial charge in [-0.05, 0) is 43.9 Å². The number of aromatic nitrogens is 1. The predicted octanol–water partition coefficient (Wildman–Crippen LogP) is 1.87. The van der Waals surface area contributed by atoms with Gasteiger partial charge in [0.1, 0.15) is 5.82 Å². The summed E-state index contributed by atoms with van der Waals surface area (Å²) in [4.78, 5) is 6.84. The van der Waals surface area contributed by atoms with E-state index in [1.54, 1.807) is 0 Å². The van der Waals surface area contributed by atoms with Crippen molar-refractivity contribution in [2.75, 3.05) is 18.0 Å². The first kappa shape index (κ1) is 10.4. The van der Waals surface area contributed by atoms with Crippen LogP contribution in [0.4, 0.5) is 5.82 Å². The van der Waals surface area contributed by atoms with Crippen molar-refractivity contribution in [1.82, 2.24) is 4.98 Å². The number of aliphatic hydroxyl groups excluding tert-OH is 1. The molecule has 1 N–H and O–H groups in total. The fourth-order valence-corrected chi connectivity index (χ4v) is 2.10. The molecular formula is C12H18N2O. The first-order chi connectivity index (χ1) is 7.29. The van der Waals surface area contributed by atoms with Crippen molar-refractivity contribution < 1.29 is 5.11 Å². The minimum Gasteiger partial charge on any atom is -0.392 e. The number of aryl methyl sites for hydroxylation is 1. The van der Waals surface area contributed by atoms with Crippen molar-refractivity contribution in [3.8, 4) is 0 Å². The molecule has 3 heteroatoms. The van der Waals surface area contributed by atoms with E-state index in [1.807, 2.05) is 19.1 Å². The third-order valence-electron chi connectivity index (χ3n) is 2.86. The molecule has 0 unspecified atom stereocenters. The molecule has 1 aromatic rings. The van der Waals surface area contributed by atoms with Gasteiger partial charge in [0.2, 0.25) is 0 Å². The molecule has 2 rings (SSSR count). The van der Waals surface area contributed by atoms with Crippen LogP contribution in [0.15, 0.2) is 12.1 Å². The van der Waals surface area contributed by atoms with E-state index in [0.29, 0.717) is 0 Å². The van der Waals surface area contributed by atoms with Crippen molar-refractivity contribution in [3.63, 3.8) is 0 Å². The average Bonchev–Trinajstić information content (AvgIpc) is 2.29. The van der Waals surface area contributed by atoms with Crippen molar-refractivity contribution in [2.45, 2.75) is 32.8 Å². The zero-order valence-corrected chi connectivity index (χ0v) is 9.24. The minimum atomic E-state index is 0.101. The predicted molar refractivity (Wildman–Crippen MR) is 61.0 cm³/mol. The maximum absolute atomic E-state index is 9.14. The molecule has 0 amide bonds. The maximum atomic E-state index is 9.14. The van der Waals surface area contributed by atoms with E-state index in [-0.39, 0.29) is 6.61 Å². The third kappa shape index (κ3) is 2.48. The zero-order valence-electron chi connectivity index (χ0n) is 9.24. The summed E-state index contributed by atoms with van der Waals surface area (Å²) < 4.78 is 0. The third-order valence-corrected chi connectivity index (χ3v) is 2.86. The summed E-state index contributed by atoms with van der Waals surface area (Å²) in [7, 11) is 0. The Morgan fingerprint density at radius 3 is 2.67 bits per heavy atom. The van der Waals surface area contributed by atoms with Crippen molar-refractivity contribution in [3.05, 3.63) is 23.4 Å². The van der Waals surface area contributed by atoms with Crippen LogP contribution in [0.3, 0.4) is 0 Å². The Labute approximate surface area is 90.8 Å². The SMILES string of the molecule is Cc1cc(CO)cc(N2CCCCC2)n1. The van der Waals surface area contributed by atoms with E-state index in [9.17, 15) is 0 Å². The van der Waals surface area contributed by atoms with Crippen LogP contribution < -0.4 is 4.90 Å². The molecule has 15 heavy (non-hydrogen) atoms. The first-order valence-electron chi connectivity index (χ1n) is 5.63. The normalized spacial score (nSPS) is 16.8. The number of nitrogens with zero attached hydrogens (tertiary/aromatic N) is 2. The lowest BCUT2D eigenvalue weighted by Gasteiger charge is -2.28. The highest BCUT2D eigenvalue weighted by Gasteiger charge is 2.12. The molecule has 1 saturated heterocycles. The van der Waals surface area contributed by atoms with E-state index >= 15 is 0 Å². The fourth-order valence-electron chi connectivity index (χ4n) is 2.10. The van der Waals surface area contributed by atoms with Gasteiger partial charge in [0.05, 0.1) is 6.61 Å². The number of hydrogen-bond donors (Lipinski definition) is 1. The molecule has 1 aliphatic rings. The Kier molecular flexibility index (Phi) is 3.21. The van der Waals surface area contributed by atoms with Gasteiger partial charge in [0.25, 0.3) is 0 Å². The molecular weight excluding hydrogens is 188 g/mol. The van der Waals surface area contributed by atoms with Crippen LogP contribution in [0.1, 0.15) is 30.5 Å². The Hall–Kier alpha value is -1.09. The lowest BCUT2D eigenvalue weighted by atomic mass is 10.1. The molecule has 1 aliphatic heterocycles. The van der Waals surface area contributed by atoms with E-state index in [0.717, 1.165) is 30.2 Å². The second kappa shape index (κ2) is 4.62. The van der Waals surface area contributed by atoms with Crippen molar-refractivity contribution in [2.24, 2.45) is 0 Å². The topological polar surface area (TPSA) is 36.4 Å². The van der Waals surface area contributed by atoms with Crippen LogP contribution in [-0.4, -0.2) is 23.2 Å². The fraction of sp³-hybridized carbons (Fsp3) is 0.583. The molecule has 1 aromatic heterocycles. The lowest BCUT2D eigenvalue weighted by Crippen LogP contribution is -2.30. The van der Waals surface area contributed by atoms with Gasteiger partial charge in [-0.3, -0.25) is 0 Å². The Morgan fingerprint density at radius 2 is 2.00 bits per heavy atom. The molecule has 0 aromatic carbocycles. The first-order valence-corrected chi connectivity index (χ1v) is 5.63. The Morgan fingerprint density at radius 1 is 1.27 bits per heavy atom. The van der Waals surface area contributed by atoms with Gasteiger partial charge >= 0.3 is 0 Å². The molecule has 0 saturated carbocycles. The molecule has 0 spiro atoms. The molecule has 3 nitrogen and oxygen atoms in total. The second-order valence-corrected chi connectivity index (χ2v) is 4.18. The summed E-state index contributed by atoms with van der Waals surface area (Å²) in [6.07, 6.45) is 3.84.